The van der Waals surface area contributed by atoms with E-state index in [1.807, 2.05) is 6.92 Å². The molecule has 0 aliphatic rings. The van der Waals surface area contributed by atoms with Crippen molar-refractivity contribution < 1.29 is 14.7 Å². The number of carbonyl (C=O) groups is 2. The number of hydrogen-bond donors (Lipinski definition) is 3. The van der Waals surface area contributed by atoms with Crippen LogP contribution in [0.3, 0.4) is 0 Å². The van der Waals surface area contributed by atoms with Crippen LogP contribution in [0.15, 0.2) is 30.1 Å². The van der Waals surface area contributed by atoms with Crippen molar-refractivity contribution in [2.45, 2.75) is 52.9 Å². The maximum Gasteiger partial charge on any atom is 0.307 e. The molecule has 1 rings (SSSR count). The van der Waals surface area contributed by atoms with Crippen LogP contribution >= 0.6 is 0 Å². The first-order valence-corrected chi connectivity index (χ1v) is 8.60. The number of carbonyl (C=O) groups excluding carboxylic acids is 1. The normalized spacial score (nSPS) is 14.0. The average Bonchev–Trinajstić information content (AvgIpc) is 3.07. The molecule has 25 heavy (non-hydrogen) atoms. The molecule has 2 unspecified atom stereocenters. The number of amides is 1. The summed E-state index contributed by atoms with van der Waals surface area (Å²) < 4.78 is 0. The number of rotatable bonds is 11. The van der Waals surface area contributed by atoms with E-state index in [1.54, 1.807) is 0 Å². The highest BCUT2D eigenvalue weighted by Gasteiger charge is 2.31. The topological polar surface area (TPSA) is 108 Å². The molecule has 0 bridgehead atoms. The summed E-state index contributed by atoms with van der Waals surface area (Å²) in [7, 11) is 0. The van der Waals surface area contributed by atoms with Gasteiger partial charge >= 0.3 is 5.97 Å². The molecule has 0 aromatic carbocycles. The van der Waals surface area contributed by atoms with Gasteiger partial charge in [-0.1, -0.05) is 37.6 Å². The summed E-state index contributed by atoms with van der Waals surface area (Å²) in [5.41, 5.74) is 2.18. The Morgan fingerprint density at radius 3 is 2.64 bits per heavy atom. The Labute approximate surface area is 148 Å². The molecule has 0 saturated carbocycles. The van der Waals surface area contributed by atoms with E-state index in [-0.39, 0.29) is 18.3 Å². The number of carboxylic acids is 1. The molecule has 0 saturated heterocycles. The number of aromatic amines is 1. The second kappa shape index (κ2) is 10.4. The lowest BCUT2D eigenvalue weighted by Crippen LogP contribution is -2.29. The average molecular weight is 348 g/mol. The fraction of sp³-hybridized carbons (Fsp3) is 0.556. The van der Waals surface area contributed by atoms with Crippen LogP contribution in [0.1, 0.15) is 52.9 Å². The Kier molecular flexibility index (Phi) is 8.60. The van der Waals surface area contributed by atoms with Gasteiger partial charge in [0.2, 0.25) is 11.9 Å². The Balaban J connectivity index is 2.70. The van der Waals surface area contributed by atoms with Crippen molar-refractivity contribution in [2.24, 2.45) is 11.8 Å². The summed E-state index contributed by atoms with van der Waals surface area (Å²) in [6.45, 7) is 10.2. The van der Waals surface area contributed by atoms with Crippen molar-refractivity contribution in [3.05, 3.63) is 30.1 Å². The van der Waals surface area contributed by atoms with E-state index in [1.165, 1.54) is 11.9 Å². The van der Waals surface area contributed by atoms with Gasteiger partial charge in [-0.2, -0.15) is 10.1 Å². The number of H-pyrrole nitrogens is 1. The van der Waals surface area contributed by atoms with E-state index in [9.17, 15) is 14.7 Å². The second-order valence-corrected chi connectivity index (χ2v) is 6.15. The summed E-state index contributed by atoms with van der Waals surface area (Å²) in [6.07, 6.45) is 6.49. The van der Waals surface area contributed by atoms with Crippen LogP contribution in [0.5, 0.6) is 0 Å². The molecule has 7 heteroatoms. The van der Waals surface area contributed by atoms with Crippen LogP contribution < -0.4 is 5.32 Å². The molecule has 3 N–H and O–H groups in total. The first-order chi connectivity index (χ1) is 11.9. The van der Waals surface area contributed by atoms with Crippen LogP contribution in [0.4, 0.5) is 5.95 Å². The third-order valence-electron chi connectivity index (χ3n) is 4.36. The fourth-order valence-electron chi connectivity index (χ4n) is 2.74. The first kappa shape index (κ1) is 20.6. The van der Waals surface area contributed by atoms with Gasteiger partial charge in [0.05, 0.1) is 5.92 Å². The molecule has 0 radical (unpaired) electrons. The monoisotopic (exact) mass is 348 g/mol. The van der Waals surface area contributed by atoms with E-state index in [0.717, 1.165) is 24.8 Å². The summed E-state index contributed by atoms with van der Waals surface area (Å²) in [5, 5.41) is 18.3. The molecule has 0 fully saturated rings. The molecule has 1 heterocycles. The fourth-order valence-corrected chi connectivity index (χ4v) is 2.74. The van der Waals surface area contributed by atoms with E-state index < -0.39 is 17.8 Å². The van der Waals surface area contributed by atoms with Gasteiger partial charge in [-0.3, -0.25) is 14.9 Å². The third-order valence-corrected chi connectivity index (χ3v) is 4.36. The van der Waals surface area contributed by atoms with Crippen LogP contribution in [0, 0.1) is 11.8 Å². The quantitative estimate of drug-likeness (QED) is 0.530. The number of hydrogen-bond acceptors (Lipinski definition) is 4. The molecule has 2 atom stereocenters. The Hall–Kier alpha value is -2.44. The largest absolute Gasteiger partial charge is 0.481 e. The zero-order valence-electron chi connectivity index (χ0n) is 15.2. The summed E-state index contributed by atoms with van der Waals surface area (Å²) >= 11 is 0. The highest BCUT2D eigenvalue weighted by molar-refractivity contribution is 5.91. The zero-order chi connectivity index (χ0) is 18.8. The van der Waals surface area contributed by atoms with Gasteiger partial charge in [0.1, 0.15) is 6.33 Å². The number of nitrogens with one attached hydrogen (secondary N) is 2. The molecular formula is C18H28N4O3. The highest BCUT2D eigenvalue weighted by Crippen LogP contribution is 2.29. The Morgan fingerprint density at radius 2 is 2.12 bits per heavy atom. The van der Waals surface area contributed by atoms with Crippen molar-refractivity contribution in [3.8, 4) is 0 Å². The molecule has 0 aliphatic carbocycles. The highest BCUT2D eigenvalue weighted by atomic mass is 16.4. The van der Waals surface area contributed by atoms with Crippen molar-refractivity contribution >= 4 is 17.8 Å². The predicted molar refractivity (Wildman–Crippen MR) is 97.0 cm³/mol. The minimum absolute atomic E-state index is 0.128. The van der Waals surface area contributed by atoms with E-state index in [4.69, 9.17) is 0 Å². The molecule has 7 nitrogen and oxygen atoms in total. The van der Waals surface area contributed by atoms with Crippen LogP contribution in [-0.2, 0) is 9.59 Å². The Morgan fingerprint density at radius 1 is 1.40 bits per heavy atom. The van der Waals surface area contributed by atoms with Crippen molar-refractivity contribution in [1.82, 2.24) is 15.2 Å². The molecule has 0 spiro atoms. The SMILES string of the molecule is C=C(CC/C=C(/C)CC)C(CC)C(CC(=O)Nc1ncn[nH]1)C(=O)O. The Bertz CT molecular complexity index is 608. The van der Waals surface area contributed by atoms with E-state index in [0.29, 0.717) is 6.42 Å². The van der Waals surface area contributed by atoms with Gasteiger partial charge in [0.15, 0.2) is 0 Å². The number of aromatic nitrogens is 3. The number of aliphatic carboxylic acids is 1. The maximum atomic E-state index is 12.1. The molecular weight excluding hydrogens is 320 g/mol. The van der Waals surface area contributed by atoms with Crippen molar-refractivity contribution in [3.63, 3.8) is 0 Å². The van der Waals surface area contributed by atoms with E-state index in [2.05, 4.69) is 47.0 Å². The molecule has 1 aromatic rings. The summed E-state index contributed by atoms with van der Waals surface area (Å²) in [4.78, 5) is 27.6. The van der Waals surface area contributed by atoms with Gasteiger partial charge in [-0.05, 0) is 38.5 Å². The van der Waals surface area contributed by atoms with Crippen molar-refractivity contribution in [1.29, 1.82) is 0 Å². The number of carboxylic acid groups (broad SMARTS) is 1. The minimum atomic E-state index is -0.985. The predicted octanol–water partition coefficient (Wildman–Crippen LogP) is 3.55. The molecule has 0 aliphatic heterocycles. The van der Waals surface area contributed by atoms with E-state index >= 15 is 0 Å². The van der Waals surface area contributed by atoms with Crippen LogP contribution in [0.25, 0.3) is 0 Å². The number of allylic oxidation sites excluding steroid dienone is 3. The van der Waals surface area contributed by atoms with Gasteiger partial charge < -0.3 is 5.11 Å². The lowest BCUT2D eigenvalue weighted by atomic mass is 9.80. The molecule has 1 aromatic heterocycles. The maximum absolute atomic E-state index is 12.1. The smallest absolute Gasteiger partial charge is 0.307 e. The zero-order valence-corrected chi connectivity index (χ0v) is 15.2. The standard InChI is InChI=1S/C18H28N4O3/c1-5-12(3)8-7-9-13(4)14(6-2)15(17(24)25)10-16(23)21-18-19-11-20-22-18/h8,11,14-15H,4-7,9-10H2,1-3H3,(H,24,25)(H2,19,20,21,22,23)/b12-8-. The van der Waals surface area contributed by atoms with Gasteiger partial charge in [-0.15, -0.1) is 0 Å². The number of nitrogens with zero attached hydrogens (tertiary/aromatic N) is 2. The summed E-state index contributed by atoms with van der Waals surface area (Å²) in [5.74, 6) is -2.23. The molecule has 1 amide bonds. The third kappa shape index (κ3) is 6.91. The minimum Gasteiger partial charge on any atom is -0.481 e. The van der Waals surface area contributed by atoms with Crippen LogP contribution in [-0.4, -0.2) is 32.2 Å². The van der Waals surface area contributed by atoms with Gasteiger partial charge in [0.25, 0.3) is 0 Å². The van der Waals surface area contributed by atoms with Crippen LogP contribution in [0.2, 0.25) is 0 Å². The first-order valence-electron chi connectivity index (χ1n) is 8.60. The number of anilines is 1. The molecule has 138 valence electrons. The second-order valence-electron chi connectivity index (χ2n) is 6.15. The lowest BCUT2D eigenvalue weighted by Gasteiger charge is -2.24. The van der Waals surface area contributed by atoms with Gasteiger partial charge in [0, 0.05) is 6.42 Å². The van der Waals surface area contributed by atoms with Crippen molar-refractivity contribution in [2.75, 3.05) is 5.32 Å². The van der Waals surface area contributed by atoms with Gasteiger partial charge in [-0.25, -0.2) is 5.10 Å². The summed E-state index contributed by atoms with van der Waals surface area (Å²) in [6, 6.07) is 0. The lowest BCUT2D eigenvalue weighted by molar-refractivity contribution is -0.145.